The van der Waals surface area contributed by atoms with Crippen LogP contribution in [0.3, 0.4) is 0 Å². The van der Waals surface area contributed by atoms with Gasteiger partial charge in [-0.15, -0.1) is 0 Å². The molecule has 2 saturated heterocycles. The fourth-order valence-electron chi connectivity index (χ4n) is 5.12. The number of carbonyl (C=O) groups excluding carboxylic acids is 1. The number of hydrogen-bond acceptors (Lipinski definition) is 6. The van der Waals surface area contributed by atoms with Crippen molar-refractivity contribution in [3.8, 4) is 0 Å². The van der Waals surface area contributed by atoms with Crippen molar-refractivity contribution in [1.29, 1.82) is 0 Å². The Balaban J connectivity index is 1.34. The molecule has 2 N–H and O–H groups in total. The predicted molar refractivity (Wildman–Crippen MR) is 115 cm³/mol. The maximum absolute atomic E-state index is 14.2. The zero-order valence-corrected chi connectivity index (χ0v) is 18.2. The summed E-state index contributed by atoms with van der Waals surface area (Å²) < 4.78 is 32.9. The average molecular weight is 446 g/mol. The number of hydrazone groups is 1. The Morgan fingerprint density at radius 1 is 1.22 bits per heavy atom. The Kier molecular flexibility index (Phi) is 5.86. The van der Waals surface area contributed by atoms with Gasteiger partial charge in [0.05, 0.1) is 0 Å². The maximum Gasteiger partial charge on any atom is 0.276 e. The van der Waals surface area contributed by atoms with E-state index in [1.165, 1.54) is 12.1 Å². The van der Waals surface area contributed by atoms with Crippen molar-refractivity contribution in [2.45, 2.75) is 38.9 Å². The summed E-state index contributed by atoms with van der Waals surface area (Å²) in [4.78, 5) is 15.0. The number of hydrogen-bond donors (Lipinski definition) is 2. The topological polar surface area (TPSA) is 69.2 Å². The molecule has 172 valence electrons. The highest BCUT2D eigenvalue weighted by molar-refractivity contribution is 6.08. The second kappa shape index (κ2) is 8.78. The number of amidine groups is 1. The van der Waals surface area contributed by atoms with Gasteiger partial charge in [0, 0.05) is 56.0 Å². The van der Waals surface area contributed by atoms with Crippen molar-refractivity contribution in [2.75, 3.05) is 26.3 Å². The monoisotopic (exact) mass is 445 g/mol. The van der Waals surface area contributed by atoms with E-state index in [0.717, 1.165) is 45.1 Å². The number of nitrogens with one attached hydrogen (secondary N) is 2. The Hall–Kier alpha value is -2.52. The Labute approximate surface area is 186 Å². The van der Waals surface area contributed by atoms with Crippen molar-refractivity contribution in [1.82, 2.24) is 20.5 Å². The van der Waals surface area contributed by atoms with Crippen LogP contribution in [0.2, 0.25) is 0 Å². The standard InChI is InChI=1S/C23H29F2N5O2/c1-14-4-7-29(12-16-2-3-17(24)10-19(16)25)13-18(14)21-27-23(31)20-11-26-22(30(20)28-21)15-5-8-32-9-6-15/h2-3,10-11,14-15,18,22,26H,4-9,12-13H2,1H3,(H,27,28,31)/t14?,18-,22?/m1/s1. The lowest BCUT2D eigenvalue weighted by atomic mass is 9.85. The predicted octanol–water partition coefficient (Wildman–Crippen LogP) is 2.37. The number of carbonyl (C=O) groups is 1. The van der Waals surface area contributed by atoms with Crippen LogP contribution in [-0.2, 0) is 16.1 Å². The molecule has 0 aliphatic carbocycles. The summed E-state index contributed by atoms with van der Waals surface area (Å²) in [6, 6.07) is 3.72. The number of benzene rings is 1. The van der Waals surface area contributed by atoms with Crippen molar-refractivity contribution in [3.63, 3.8) is 0 Å². The molecule has 4 heterocycles. The molecule has 0 saturated carbocycles. The molecule has 0 bridgehead atoms. The molecule has 1 aromatic carbocycles. The van der Waals surface area contributed by atoms with E-state index in [2.05, 4.69) is 22.5 Å². The van der Waals surface area contributed by atoms with Crippen molar-refractivity contribution in [2.24, 2.45) is 22.9 Å². The molecule has 4 aliphatic heterocycles. The van der Waals surface area contributed by atoms with E-state index in [1.807, 2.05) is 5.01 Å². The number of ether oxygens (including phenoxy) is 1. The molecule has 2 unspecified atom stereocenters. The van der Waals surface area contributed by atoms with Crippen molar-refractivity contribution >= 4 is 11.7 Å². The second-order valence-electron chi connectivity index (χ2n) is 9.22. The van der Waals surface area contributed by atoms with E-state index in [1.54, 1.807) is 6.20 Å². The van der Waals surface area contributed by atoms with Crippen LogP contribution in [0.1, 0.15) is 31.7 Å². The molecule has 2 fully saturated rings. The average Bonchev–Trinajstić information content (AvgIpc) is 3.22. The molecular weight excluding hydrogens is 416 g/mol. The van der Waals surface area contributed by atoms with E-state index in [4.69, 9.17) is 9.84 Å². The van der Waals surface area contributed by atoms with Gasteiger partial charge in [0.15, 0.2) is 0 Å². The minimum Gasteiger partial charge on any atom is -0.381 e. The zero-order chi connectivity index (χ0) is 22.2. The second-order valence-corrected chi connectivity index (χ2v) is 9.22. The van der Waals surface area contributed by atoms with Gasteiger partial charge in [-0.2, -0.15) is 5.10 Å². The maximum atomic E-state index is 14.2. The van der Waals surface area contributed by atoms with E-state index in [-0.39, 0.29) is 18.0 Å². The van der Waals surface area contributed by atoms with Gasteiger partial charge in [0.25, 0.3) is 5.91 Å². The van der Waals surface area contributed by atoms with Gasteiger partial charge in [0.1, 0.15) is 29.3 Å². The minimum atomic E-state index is -0.571. The first kappa shape index (κ1) is 21.3. The van der Waals surface area contributed by atoms with Crippen LogP contribution in [0.15, 0.2) is 35.2 Å². The smallest absolute Gasteiger partial charge is 0.276 e. The van der Waals surface area contributed by atoms with Gasteiger partial charge in [-0.25, -0.2) is 13.8 Å². The van der Waals surface area contributed by atoms with Gasteiger partial charge in [-0.05, 0) is 37.8 Å². The lowest BCUT2D eigenvalue weighted by molar-refractivity contribution is -0.118. The summed E-state index contributed by atoms with van der Waals surface area (Å²) in [7, 11) is 0. The number of nitrogens with zero attached hydrogens (tertiary/aromatic N) is 3. The van der Waals surface area contributed by atoms with E-state index in [0.29, 0.717) is 42.0 Å². The van der Waals surface area contributed by atoms with Crippen LogP contribution in [0, 0.1) is 29.4 Å². The SMILES string of the molecule is CC1CCN(Cc2ccc(F)cc2F)C[C@H]1C1=NN2C(=CNC2C2CCOCC2)C(=O)N1. The molecule has 1 amide bonds. The first-order valence-corrected chi connectivity index (χ1v) is 11.4. The molecular formula is C23H29F2N5O2. The zero-order valence-electron chi connectivity index (χ0n) is 18.2. The van der Waals surface area contributed by atoms with E-state index >= 15 is 0 Å². The highest BCUT2D eigenvalue weighted by Gasteiger charge is 2.41. The van der Waals surface area contributed by atoms with Crippen LogP contribution in [0.5, 0.6) is 0 Å². The highest BCUT2D eigenvalue weighted by atomic mass is 19.1. The normalized spacial score (nSPS) is 29.2. The van der Waals surface area contributed by atoms with Gasteiger partial charge in [0.2, 0.25) is 0 Å². The summed E-state index contributed by atoms with van der Waals surface area (Å²) >= 11 is 0. The largest absolute Gasteiger partial charge is 0.381 e. The quantitative estimate of drug-likeness (QED) is 0.745. The molecule has 5 rings (SSSR count). The van der Waals surface area contributed by atoms with Crippen LogP contribution in [-0.4, -0.2) is 54.1 Å². The fraction of sp³-hybridized carbons (Fsp3) is 0.565. The molecule has 7 nitrogen and oxygen atoms in total. The summed E-state index contributed by atoms with van der Waals surface area (Å²) in [5.41, 5.74) is 1.02. The number of rotatable bonds is 4. The molecule has 0 radical (unpaired) electrons. The van der Waals surface area contributed by atoms with Crippen LogP contribution in [0.4, 0.5) is 8.78 Å². The lowest BCUT2D eigenvalue weighted by Gasteiger charge is -2.40. The third-order valence-corrected chi connectivity index (χ3v) is 7.11. The van der Waals surface area contributed by atoms with Gasteiger partial charge < -0.3 is 15.4 Å². The third kappa shape index (κ3) is 4.11. The molecule has 9 heteroatoms. The highest BCUT2D eigenvalue weighted by Crippen LogP contribution is 2.32. The fourth-order valence-corrected chi connectivity index (χ4v) is 5.12. The van der Waals surface area contributed by atoms with Crippen molar-refractivity contribution in [3.05, 3.63) is 47.3 Å². The van der Waals surface area contributed by atoms with Crippen LogP contribution >= 0.6 is 0 Å². The van der Waals surface area contributed by atoms with E-state index < -0.39 is 11.6 Å². The lowest BCUT2D eigenvalue weighted by Crippen LogP contribution is -2.54. The first-order chi connectivity index (χ1) is 15.5. The molecule has 3 atom stereocenters. The number of amides is 1. The van der Waals surface area contributed by atoms with Gasteiger partial charge in [-0.1, -0.05) is 13.0 Å². The Morgan fingerprint density at radius 2 is 2.03 bits per heavy atom. The Morgan fingerprint density at radius 3 is 2.81 bits per heavy atom. The summed E-state index contributed by atoms with van der Waals surface area (Å²) in [6.07, 6.45) is 4.48. The minimum absolute atomic E-state index is 0.0219. The van der Waals surface area contributed by atoms with Crippen molar-refractivity contribution < 1.29 is 18.3 Å². The van der Waals surface area contributed by atoms with Crippen LogP contribution < -0.4 is 10.6 Å². The first-order valence-electron chi connectivity index (χ1n) is 11.4. The van der Waals surface area contributed by atoms with Gasteiger partial charge in [-0.3, -0.25) is 9.69 Å². The molecule has 1 aromatic rings. The number of piperidine rings is 1. The van der Waals surface area contributed by atoms with Crippen LogP contribution in [0.25, 0.3) is 0 Å². The molecule has 0 spiro atoms. The number of likely N-dealkylation sites (tertiary alicyclic amines) is 1. The molecule has 0 aromatic heterocycles. The summed E-state index contributed by atoms with van der Waals surface area (Å²) in [5, 5.41) is 13.1. The van der Waals surface area contributed by atoms with E-state index in [9.17, 15) is 13.6 Å². The summed E-state index contributed by atoms with van der Waals surface area (Å²) in [5.74, 6) is 0.129. The third-order valence-electron chi connectivity index (χ3n) is 7.11. The number of fused-ring (bicyclic) bond motifs is 1. The Bertz CT molecular complexity index is 946. The molecule has 32 heavy (non-hydrogen) atoms. The summed E-state index contributed by atoms with van der Waals surface area (Å²) in [6.45, 7) is 5.49. The molecule has 4 aliphatic rings. The van der Waals surface area contributed by atoms with Gasteiger partial charge >= 0.3 is 0 Å². The number of halogens is 2.